The molecule has 92 valence electrons. The molecule has 1 aromatic carbocycles. The lowest BCUT2D eigenvalue weighted by molar-refractivity contribution is 0.857. The van der Waals surface area contributed by atoms with E-state index < -0.39 is 0 Å². The molecule has 2 aliphatic carbocycles. The Labute approximate surface area is 109 Å². The maximum atomic E-state index is 3.22. The van der Waals surface area contributed by atoms with Crippen LogP contribution in [-0.4, -0.2) is 13.1 Å². The molecule has 1 N–H and O–H groups in total. The third-order valence-electron chi connectivity index (χ3n) is 3.65. The van der Waals surface area contributed by atoms with Gasteiger partial charge in [0.25, 0.3) is 0 Å². The molecule has 1 fully saturated rings. The van der Waals surface area contributed by atoms with E-state index in [0.717, 1.165) is 6.42 Å². The number of fused-ring (bicyclic) bond motifs is 2. The van der Waals surface area contributed by atoms with Crippen LogP contribution >= 0.6 is 0 Å². The Morgan fingerprint density at radius 2 is 1.83 bits per heavy atom. The summed E-state index contributed by atoms with van der Waals surface area (Å²) < 4.78 is 0. The Morgan fingerprint density at radius 3 is 2.61 bits per heavy atom. The number of hydrogen-bond acceptors (Lipinski definition) is 1. The molecular weight excluding hydrogens is 218 g/mol. The van der Waals surface area contributed by atoms with Gasteiger partial charge < -0.3 is 5.32 Å². The Hall–Kier alpha value is -1.60. The average Bonchev–Trinajstić information content (AvgIpc) is 3.09. The fraction of sp³-hybridized carbons (Fsp3) is 0.294. The zero-order valence-electron chi connectivity index (χ0n) is 10.7. The summed E-state index contributed by atoms with van der Waals surface area (Å²) in [6, 6.07) is 8.61. The van der Waals surface area contributed by atoms with Crippen molar-refractivity contribution in [3.05, 3.63) is 64.8 Å². The molecule has 1 heterocycles. The summed E-state index contributed by atoms with van der Waals surface area (Å²) >= 11 is 0. The van der Waals surface area contributed by atoms with Crippen molar-refractivity contribution in [2.24, 2.45) is 0 Å². The van der Waals surface area contributed by atoms with E-state index in [4.69, 9.17) is 0 Å². The first kappa shape index (κ1) is 11.5. The van der Waals surface area contributed by atoms with Crippen LogP contribution in [0, 0.1) is 0 Å². The molecule has 18 heavy (non-hydrogen) atoms. The molecule has 0 atom stereocenters. The molecule has 0 aromatic heterocycles. The third-order valence-corrected chi connectivity index (χ3v) is 3.65. The molecule has 1 aromatic rings. The molecule has 0 amide bonds. The Morgan fingerprint density at radius 1 is 1.00 bits per heavy atom. The Bertz CT molecular complexity index is 509. The van der Waals surface area contributed by atoms with E-state index in [2.05, 4.69) is 53.9 Å². The van der Waals surface area contributed by atoms with Crippen LogP contribution < -0.4 is 5.32 Å². The van der Waals surface area contributed by atoms with Crippen LogP contribution in [-0.2, 0) is 6.42 Å². The number of benzene rings is 1. The second-order valence-electron chi connectivity index (χ2n) is 4.98. The minimum absolute atomic E-state index is 1.09. The summed E-state index contributed by atoms with van der Waals surface area (Å²) in [6.45, 7) is 2.50. The van der Waals surface area contributed by atoms with Gasteiger partial charge >= 0.3 is 0 Å². The van der Waals surface area contributed by atoms with Crippen LogP contribution in [0.4, 0.5) is 0 Å². The van der Waals surface area contributed by atoms with Crippen LogP contribution in [0.1, 0.15) is 24.0 Å². The lowest BCUT2D eigenvalue weighted by Crippen LogP contribution is -2.03. The SMILES string of the molecule is C1=CC2=Cc3ccccc3CC2=C1.C1CCNC1. The zero-order valence-corrected chi connectivity index (χ0v) is 10.7. The Kier molecular flexibility index (Phi) is 3.42. The van der Waals surface area contributed by atoms with Gasteiger partial charge in [-0.1, -0.05) is 42.5 Å². The average molecular weight is 237 g/mol. The summed E-state index contributed by atoms with van der Waals surface area (Å²) in [5, 5.41) is 3.22. The van der Waals surface area contributed by atoms with Gasteiger partial charge in [0, 0.05) is 0 Å². The van der Waals surface area contributed by atoms with Gasteiger partial charge in [0.2, 0.25) is 0 Å². The molecular formula is C17H19N. The van der Waals surface area contributed by atoms with Gasteiger partial charge in [-0.15, -0.1) is 0 Å². The molecule has 0 bridgehead atoms. The quantitative estimate of drug-likeness (QED) is 0.728. The Balaban J connectivity index is 0.000000169. The minimum atomic E-state index is 1.09. The summed E-state index contributed by atoms with van der Waals surface area (Å²) in [6.07, 6.45) is 12.7. The highest BCUT2D eigenvalue weighted by Gasteiger charge is 2.14. The van der Waals surface area contributed by atoms with Gasteiger partial charge in [-0.05, 0) is 60.7 Å². The van der Waals surface area contributed by atoms with E-state index in [1.807, 2.05) is 0 Å². The van der Waals surface area contributed by atoms with E-state index >= 15 is 0 Å². The number of allylic oxidation sites excluding steroid dienone is 5. The van der Waals surface area contributed by atoms with Crippen molar-refractivity contribution in [3.8, 4) is 0 Å². The van der Waals surface area contributed by atoms with E-state index in [9.17, 15) is 0 Å². The van der Waals surface area contributed by atoms with E-state index in [1.54, 1.807) is 0 Å². The molecule has 4 rings (SSSR count). The highest BCUT2D eigenvalue weighted by Crippen LogP contribution is 2.31. The standard InChI is InChI=1S/C13H10.C4H9N/c1-2-5-11-9-13-7-3-6-12(13)8-10(11)4-1;1-2-4-5-3-1/h1-8H,9H2;5H,1-4H2. The van der Waals surface area contributed by atoms with Crippen molar-refractivity contribution < 1.29 is 0 Å². The second-order valence-corrected chi connectivity index (χ2v) is 4.98. The van der Waals surface area contributed by atoms with Crippen LogP contribution in [0.2, 0.25) is 0 Å². The zero-order chi connectivity index (χ0) is 12.2. The maximum absolute atomic E-state index is 3.22. The fourth-order valence-corrected chi connectivity index (χ4v) is 2.61. The van der Waals surface area contributed by atoms with Crippen molar-refractivity contribution in [1.29, 1.82) is 0 Å². The van der Waals surface area contributed by atoms with Crippen LogP contribution in [0.3, 0.4) is 0 Å². The van der Waals surface area contributed by atoms with Crippen LogP contribution in [0.5, 0.6) is 0 Å². The van der Waals surface area contributed by atoms with E-state index in [1.165, 1.54) is 48.2 Å². The summed E-state index contributed by atoms with van der Waals surface area (Å²) in [5.74, 6) is 0. The molecule has 0 spiro atoms. The number of nitrogens with one attached hydrogen (secondary N) is 1. The largest absolute Gasteiger partial charge is 0.317 e. The third kappa shape index (κ3) is 2.46. The van der Waals surface area contributed by atoms with Crippen molar-refractivity contribution in [1.82, 2.24) is 5.32 Å². The lowest BCUT2D eigenvalue weighted by atomic mass is 9.90. The molecule has 1 aliphatic heterocycles. The molecule has 3 aliphatic rings. The molecule has 0 radical (unpaired) electrons. The first-order valence-electron chi connectivity index (χ1n) is 6.81. The molecule has 1 saturated heterocycles. The molecule has 1 nitrogen and oxygen atoms in total. The van der Waals surface area contributed by atoms with Gasteiger partial charge in [0.05, 0.1) is 0 Å². The normalized spacial score (nSPS) is 19.3. The van der Waals surface area contributed by atoms with Crippen molar-refractivity contribution in [2.75, 3.05) is 13.1 Å². The van der Waals surface area contributed by atoms with Crippen molar-refractivity contribution >= 4 is 6.08 Å². The van der Waals surface area contributed by atoms with Crippen LogP contribution in [0.25, 0.3) is 6.08 Å². The lowest BCUT2D eigenvalue weighted by Gasteiger charge is -2.14. The first-order valence-corrected chi connectivity index (χ1v) is 6.81. The molecule has 0 unspecified atom stereocenters. The van der Waals surface area contributed by atoms with Crippen molar-refractivity contribution in [2.45, 2.75) is 19.3 Å². The monoisotopic (exact) mass is 237 g/mol. The number of rotatable bonds is 0. The molecule has 0 saturated carbocycles. The van der Waals surface area contributed by atoms with Crippen LogP contribution in [0.15, 0.2) is 53.6 Å². The van der Waals surface area contributed by atoms with Crippen molar-refractivity contribution in [3.63, 3.8) is 0 Å². The van der Waals surface area contributed by atoms with Gasteiger partial charge in [0.15, 0.2) is 0 Å². The highest BCUT2D eigenvalue weighted by atomic mass is 14.9. The van der Waals surface area contributed by atoms with Gasteiger partial charge in [-0.25, -0.2) is 0 Å². The molecule has 1 heteroatoms. The number of hydrogen-bond donors (Lipinski definition) is 1. The van der Waals surface area contributed by atoms with E-state index in [0.29, 0.717) is 0 Å². The maximum Gasteiger partial charge on any atom is -0.00139 e. The van der Waals surface area contributed by atoms with Gasteiger partial charge in [-0.3, -0.25) is 0 Å². The first-order chi connectivity index (χ1) is 8.93. The smallest absolute Gasteiger partial charge is 0.00139 e. The highest BCUT2D eigenvalue weighted by molar-refractivity contribution is 5.71. The second kappa shape index (κ2) is 5.36. The topological polar surface area (TPSA) is 12.0 Å². The van der Waals surface area contributed by atoms with Gasteiger partial charge in [-0.2, -0.15) is 0 Å². The van der Waals surface area contributed by atoms with Gasteiger partial charge in [0.1, 0.15) is 0 Å². The summed E-state index contributed by atoms with van der Waals surface area (Å²) in [7, 11) is 0. The van der Waals surface area contributed by atoms with E-state index in [-0.39, 0.29) is 0 Å². The summed E-state index contributed by atoms with van der Waals surface area (Å²) in [4.78, 5) is 0. The minimum Gasteiger partial charge on any atom is -0.317 e. The fourth-order valence-electron chi connectivity index (χ4n) is 2.61. The summed E-state index contributed by atoms with van der Waals surface area (Å²) in [5.41, 5.74) is 5.67. The predicted molar refractivity (Wildman–Crippen MR) is 77.4 cm³/mol. The predicted octanol–water partition coefficient (Wildman–Crippen LogP) is 3.49.